The molecule has 30 heavy (non-hydrogen) atoms. The van der Waals surface area contributed by atoms with Gasteiger partial charge in [0.2, 0.25) is 0 Å². The van der Waals surface area contributed by atoms with Gasteiger partial charge >= 0.3 is 6.03 Å². The first-order chi connectivity index (χ1) is 14.6. The van der Waals surface area contributed by atoms with Crippen molar-refractivity contribution in [3.8, 4) is 5.75 Å². The first-order valence-corrected chi connectivity index (χ1v) is 9.84. The summed E-state index contributed by atoms with van der Waals surface area (Å²) in [7, 11) is 0. The quantitative estimate of drug-likeness (QED) is 0.669. The molecule has 0 aliphatic carbocycles. The fourth-order valence-electron chi connectivity index (χ4n) is 3.43. The van der Waals surface area contributed by atoms with Gasteiger partial charge in [-0.3, -0.25) is 4.79 Å². The van der Waals surface area contributed by atoms with E-state index in [4.69, 9.17) is 4.74 Å². The van der Waals surface area contributed by atoms with E-state index in [0.29, 0.717) is 30.2 Å². The predicted molar refractivity (Wildman–Crippen MR) is 116 cm³/mol. The van der Waals surface area contributed by atoms with Gasteiger partial charge in [0, 0.05) is 30.0 Å². The minimum absolute atomic E-state index is 0.0635. The molecule has 1 atom stereocenters. The molecule has 3 aromatic rings. The van der Waals surface area contributed by atoms with E-state index >= 15 is 0 Å². The number of para-hydroxylation sites is 1. The molecule has 0 saturated heterocycles. The van der Waals surface area contributed by atoms with Gasteiger partial charge in [0.05, 0.1) is 0 Å². The Morgan fingerprint density at radius 1 is 0.967 bits per heavy atom. The Kier molecular flexibility index (Phi) is 5.66. The smallest absolute Gasteiger partial charge is 0.323 e. The van der Waals surface area contributed by atoms with Gasteiger partial charge in [0.25, 0.3) is 5.91 Å². The molecule has 0 saturated carbocycles. The average molecular weight is 401 g/mol. The molecule has 1 aliphatic heterocycles. The van der Waals surface area contributed by atoms with Gasteiger partial charge in [-0.1, -0.05) is 48.5 Å². The summed E-state index contributed by atoms with van der Waals surface area (Å²) in [5.74, 6) is 0.590. The van der Waals surface area contributed by atoms with E-state index in [0.717, 1.165) is 11.1 Å². The molecule has 4 rings (SSSR count). The van der Waals surface area contributed by atoms with E-state index in [1.807, 2.05) is 66.7 Å². The zero-order valence-electron chi connectivity index (χ0n) is 16.7. The molecule has 0 fully saturated rings. The van der Waals surface area contributed by atoms with Crippen LogP contribution in [0.15, 0.2) is 78.9 Å². The SMILES string of the molecule is C[C@H]1Oc2ccc(NC(=O)Nc3ccccc3)cc2CN(Cc2ccccc2)C1=O. The largest absolute Gasteiger partial charge is 0.481 e. The van der Waals surface area contributed by atoms with Gasteiger partial charge in [0.1, 0.15) is 5.75 Å². The molecule has 2 N–H and O–H groups in total. The van der Waals surface area contributed by atoms with E-state index in [1.165, 1.54) is 0 Å². The molecular formula is C24H23N3O3. The highest BCUT2D eigenvalue weighted by Crippen LogP contribution is 2.29. The molecule has 0 aromatic heterocycles. The maximum atomic E-state index is 12.8. The maximum Gasteiger partial charge on any atom is 0.323 e. The first kappa shape index (κ1) is 19.5. The molecule has 0 spiro atoms. The number of anilines is 2. The number of urea groups is 1. The minimum atomic E-state index is -0.574. The van der Waals surface area contributed by atoms with Crippen LogP contribution >= 0.6 is 0 Å². The molecule has 0 radical (unpaired) electrons. The van der Waals surface area contributed by atoms with E-state index < -0.39 is 6.10 Å². The first-order valence-electron chi connectivity index (χ1n) is 9.84. The number of amides is 3. The molecule has 3 amide bonds. The van der Waals surface area contributed by atoms with Crippen molar-refractivity contribution in [3.63, 3.8) is 0 Å². The van der Waals surface area contributed by atoms with Crippen LogP contribution in [0.1, 0.15) is 18.1 Å². The highest BCUT2D eigenvalue weighted by Gasteiger charge is 2.28. The highest BCUT2D eigenvalue weighted by atomic mass is 16.5. The number of nitrogens with zero attached hydrogens (tertiary/aromatic N) is 1. The fourth-order valence-corrected chi connectivity index (χ4v) is 3.43. The maximum absolute atomic E-state index is 12.8. The number of fused-ring (bicyclic) bond motifs is 1. The number of hydrogen-bond donors (Lipinski definition) is 2. The van der Waals surface area contributed by atoms with Crippen LogP contribution in [0.3, 0.4) is 0 Å². The third-order valence-electron chi connectivity index (χ3n) is 4.89. The van der Waals surface area contributed by atoms with Crippen LogP contribution in [0.25, 0.3) is 0 Å². The van der Waals surface area contributed by atoms with Crippen LogP contribution < -0.4 is 15.4 Å². The second kappa shape index (κ2) is 8.69. The number of benzene rings is 3. The van der Waals surface area contributed by atoms with Gasteiger partial charge in [-0.2, -0.15) is 0 Å². The van der Waals surface area contributed by atoms with E-state index in [1.54, 1.807) is 24.0 Å². The molecule has 0 unspecified atom stereocenters. The van der Waals surface area contributed by atoms with Crippen LogP contribution in [-0.2, 0) is 17.9 Å². The number of rotatable bonds is 4. The number of ether oxygens (including phenoxy) is 1. The summed E-state index contributed by atoms with van der Waals surface area (Å²) in [6.45, 7) is 2.66. The fraction of sp³-hybridized carbons (Fsp3) is 0.167. The summed E-state index contributed by atoms with van der Waals surface area (Å²) >= 11 is 0. The van der Waals surface area contributed by atoms with E-state index in [2.05, 4.69) is 10.6 Å². The molecule has 6 nitrogen and oxygen atoms in total. The summed E-state index contributed by atoms with van der Waals surface area (Å²) < 4.78 is 5.87. The lowest BCUT2D eigenvalue weighted by Gasteiger charge is -2.22. The van der Waals surface area contributed by atoms with Crippen molar-refractivity contribution in [2.75, 3.05) is 10.6 Å². The lowest BCUT2D eigenvalue weighted by molar-refractivity contribution is -0.138. The molecule has 152 valence electrons. The van der Waals surface area contributed by atoms with E-state index in [9.17, 15) is 9.59 Å². The molecular weight excluding hydrogens is 378 g/mol. The Labute approximate surface area is 175 Å². The Bertz CT molecular complexity index is 1040. The van der Waals surface area contributed by atoms with Crippen LogP contribution in [0.2, 0.25) is 0 Å². The summed E-state index contributed by atoms with van der Waals surface area (Å²) in [6, 6.07) is 24.2. The Balaban J connectivity index is 1.51. The summed E-state index contributed by atoms with van der Waals surface area (Å²) in [5, 5.41) is 5.63. The van der Waals surface area contributed by atoms with Crippen molar-refractivity contribution in [2.24, 2.45) is 0 Å². The zero-order chi connectivity index (χ0) is 20.9. The van der Waals surface area contributed by atoms with Crippen LogP contribution in [0.4, 0.5) is 16.2 Å². The second-order valence-corrected chi connectivity index (χ2v) is 7.21. The third-order valence-corrected chi connectivity index (χ3v) is 4.89. The standard InChI is InChI=1S/C24H23N3O3/c1-17-23(28)27(15-18-8-4-2-5-9-18)16-19-14-21(12-13-22(19)30-17)26-24(29)25-20-10-6-3-7-11-20/h2-14,17H,15-16H2,1H3,(H2,25,26,29)/t17-/m1/s1. The van der Waals surface area contributed by atoms with Gasteiger partial charge < -0.3 is 20.3 Å². The van der Waals surface area contributed by atoms with Gasteiger partial charge in [0.15, 0.2) is 6.10 Å². The zero-order valence-corrected chi connectivity index (χ0v) is 16.7. The lowest BCUT2D eigenvalue weighted by Crippen LogP contribution is -2.37. The van der Waals surface area contributed by atoms with Gasteiger partial charge in [-0.25, -0.2) is 4.79 Å². The minimum Gasteiger partial charge on any atom is -0.481 e. The van der Waals surface area contributed by atoms with Crippen molar-refractivity contribution in [1.82, 2.24) is 4.90 Å². The number of nitrogens with one attached hydrogen (secondary N) is 2. The number of hydrogen-bond acceptors (Lipinski definition) is 3. The van der Waals surface area contributed by atoms with Crippen molar-refractivity contribution in [1.29, 1.82) is 0 Å². The normalized spacial score (nSPS) is 15.6. The van der Waals surface area contributed by atoms with Gasteiger partial charge in [-0.05, 0) is 42.8 Å². The Morgan fingerprint density at radius 2 is 1.63 bits per heavy atom. The summed E-state index contributed by atoms with van der Waals surface area (Å²) in [4.78, 5) is 26.9. The van der Waals surface area contributed by atoms with Crippen LogP contribution in [0, 0.1) is 0 Å². The average Bonchev–Trinajstić information content (AvgIpc) is 2.86. The molecule has 1 heterocycles. The Hall–Kier alpha value is -3.80. The summed E-state index contributed by atoms with van der Waals surface area (Å²) in [5.41, 5.74) is 3.24. The number of carbonyl (C=O) groups excluding carboxylic acids is 2. The van der Waals surface area contributed by atoms with Crippen molar-refractivity contribution < 1.29 is 14.3 Å². The van der Waals surface area contributed by atoms with Crippen molar-refractivity contribution in [3.05, 3.63) is 90.0 Å². The topological polar surface area (TPSA) is 70.7 Å². The van der Waals surface area contributed by atoms with Gasteiger partial charge in [-0.15, -0.1) is 0 Å². The second-order valence-electron chi connectivity index (χ2n) is 7.21. The van der Waals surface area contributed by atoms with Crippen molar-refractivity contribution >= 4 is 23.3 Å². The summed E-state index contributed by atoms with van der Waals surface area (Å²) in [6.07, 6.45) is -0.574. The monoisotopic (exact) mass is 401 g/mol. The van der Waals surface area contributed by atoms with Crippen molar-refractivity contribution in [2.45, 2.75) is 26.1 Å². The molecule has 0 bridgehead atoms. The van der Waals surface area contributed by atoms with E-state index in [-0.39, 0.29) is 11.9 Å². The molecule has 1 aliphatic rings. The van der Waals surface area contributed by atoms with Crippen LogP contribution in [0.5, 0.6) is 5.75 Å². The number of carbonyl (C=O) groups is 2. The highest BCUT2D eigenvalue weighted by molar-refractivity contribution is 5.99. The third kappa shape index (κ3) is 4.60. The Morgan fingerprint density at radius 3 is 2.37 bits per heavy atom. The predicted octanol–water partition coefficient (Wildman–Crippen LogP) is 4.64. The molecule has 6 heteroatoms. The lowest BCUT2D eigenvalue weighted by atomic mass is 10.1. The molecule has 3 aromatic carbocycles. The van der Waals surface area contributed by atoms with Crippen LogP contribution in [-0.4, -0.2) is 22.9 Å².